The Morgan fingerprint density at radius 1 is 0.941 bits per heavy atom. The summed E-state index contributed by atoms with van der Waals surface area (Å²) in [6.45, 7) is 0. The number of rotatable bonds is 1. The number of fused-ring (bicyclic) bond motifs is 1. The molecule has 0 aliphatic carbocycles. The Morgan fingerprint density at radius 3 is 2.59 bits per heavy atom. The molecule has 0 radical (unpaired) electrons. The summed E-state index contributed by atoms with van der Waals surface area (Å²) in [5.74, 6) is -1.16. The zero-order valence-electron chi connectivity index (χ0n) is 8.82. The third-order valence-corrected chi connectivity index (χ3v) is 2.68. The van der Waals surface area contributed by atoms with Crippen LogP contribution in [0.5, 0.6) is 0 Å². The number of anilines is 2. The van der Waals surface area contributed by atoms with Crippen molar-refractivity contribution in [1.82, 2.24) is 0 Å². The Morgan fingerprint density at radius 2 is 1.76 bits per heavy atom. The molecule has 3 rings (SSSR count). The van der Waals surface area contributed by atoms with Gasteiger partial charge in [0.25, 0.3) is 0 Å². The van der Waals surface area contributed by atoms with Crippen LogP contribution in [0.1, 0.15) is 5.56 Å². The standard InChI is InChI=1S/C14H8F2N/c15-11-5-6-14(12(16)9-11)17-8-7-10-3-1-2-4-13(10)17/h1-6,8-9H/q+1. The average Bonchev–Trinajstić information content (AvgIpc) is 2.73. The molecule has 0 saturated carbocycles. The van der Waals surface area contributed by atoms with Gasteiger partial charge in [-0.1, -0.05) is 0 Å². The van der Waals surface area contributed by atoms with Crippen molar-refractivity contribution in [3.05, 3.63) is 71.9 Å². The lowest BCUT2D eigenvalue weighted by atomic mass is 10.2. The van der Waals surface area contributed by atoms with Crippen LogP contribution >= 0.6 is 0 Å². The van der Waals surface area contributed by atoms with E-state index in [1.54, 1.807) is 11.1 Å². The molecule has 0 aromatic heterocycles. The average molecular weight is 228 g/mol. The molecule has 3 heteroatoms. The second-order valence-electron chi connectivity index (χ2n) is 3.76. The largest absolute Gasteiger partial charge is 0.239 e. The van der Waals surface area contributed by atoms with Crippen LogP contribution in [0.4, 0.5) is 20.2 Å². The molecule has 0 spiro atoms. The normalized spacial score (nSPS) is 12.5. The molecule has 2 aromatic rings. The third kappa shape index (κ3) is 1.57. The zero-order valence-corrected chi connectivity index (χ0v) is 8.82. The van der Waals surface area contributed by atoms with Gasteiger partial charge in [-0.25, -0.2) is 13.7 Å². The van der Waals surface area contributed by atoms with Crippen LogP contribution in [0.15, 0.2) is 48.7 Å². The van der Waals surface area contributed by atoms with Crippen LogP contribution < -0.4 is 4.90 Å². The fraction of sp³-hybridized carbons (Fsp3) is 0. The topological polar surface area (TPSA) is 3.24 Å². The predicted octanol–water partition coefficient (Wildman–Crippen LogP) is 3.78. The van der Waals surface area contributed by atoms with Crippen LogP contribution in [0, 0.1) is 17.7 Å². The van der Waals surface area contributed by atoms with Gasteiger partial charge in [0.2, 0.25) is 5.56 Å². The number of hydrogen-bond acceptors (Lipinski definition) is 1. The molecule has 0 bridgehead atoms. The third-order valence-electron chi connectivity index (χ3n) is 2.68. The molecule has 1 heterocycles. The minimum absolute atomic E-state index is 0.323. The van der Waals surface area contributed by atoms with Crippen molar-refractivity contribution in [2.24, 2.45) is 0 Å². The van der Waals surface area contributed by atoms with Gasteiger partial charge in [0, 0.05) is 12.1 Å². The summed E-state index contributed by atoms with van der Waals surface area (Å²) in [4.78, 5) is 1.66. The lowest BCUT2D eigenvalue weighted by Crippen LogP contribution is -2.07. The molecule has 82 valence electrons. The maximum Gasteiger partial charge on any atom is 0.214 e. The second-order valence-corrected chi connectivity index (χ2v) is 3.76. The molecule has 0 N–H and O–H groups in total. The van der Waals surface area contributed by atoms with Crippen LogP contribution in [0.2, 0.25) is 0 Å². The summed E-state index contributed by atoms with van der Waals surface area (Å²) >= 11 is 0. The smallest absolute Gasteiger partial charge is 0.214 e. The predicted molar refractivity (Wildman–Crippen MR) is 61.9 cm³/mol. The number of para-hydroxylation sites is 1. The Hall–Kier alpha value is -2.25. The molecule has 1 aliphatic heterocycles. The molecule has 2 aromatic carbocycles. The fourth-order valence-electron chi connectivity index (χ4n) is 1.89. The first-order chi connectivity index (χ1) is 8.25. The molecule has 1 aliphatic rings. The molecule has 17 heavy (non-hydrogen) atoms. The van der Waals surface area contributed by atoms with Crippen molar-refractivity contribution in [2.75, 3.05) is 4.90 Å². The highest BCUT2D eigenvalue weighted by Crippen LogP contribution is 2.35. The van der Waals surface area contributed by atoms with Gasteiger partial charge in [-0.15, -0.1) is 0 Å². The Balaban J connectivity index is 2.10. The Kier molecular flexibility index (Phi) is 2.13. The molecular weight excluding hydrogens is 220 g/mol. The zero-order chi connectivity index (χ0) is 11.8. The molecule has 0 saturated heterocycles. The van der Waals surface area contributed by atoms with Gasteiger partial charge in [0.1, 0.15) is 12.0 Å². The Labute approximate surface area is 97.6 Å². The lowest BCUT2D eigenvalue weighted by molar-refractivity contribution is 0.584. The first-order valence-corrected chi connectivity index (χ1v) is 5.19. The summed E-state index contributed by atoms with van der Waals surface area (Å²) in [7, 11) is 0. The molecule has 1 nitrogen and oxygen atoms in total. The molecular formula is C14H8F2N+. The highest BCUT2D eigenvalue weighted by Gasteiger charge is 2.26. The van der Waals surface area contributed by atoms with E-state index in [2.05, 4.69) is 6.08 Å². The van der Waals surface area contributed by atoms with Gasteiger partial charge in [-0.3, -0.25) is 0 Å². The van der Waals surface area contributed by atoms with Gasteiger partial charge in [-0.05, 0) is 24.3 Å². The summed E-state index contributed by atoms with van der Waals surface area (Å²) in [6.07, 6.45) is 4.68. The van der Waals surface area contributed by atoms with E-state index in [0.29, 0.717) is 5.69 Å². The molecule has 0 amide bonds. The van der Waals surface area contributed by atoms with Crippen molar-refractivity contribution in [1.29, 1.82) is 0 Å². The van der Waals surface area contributed by atoms with Crippen molar-refractivity contribution >= 4 is 11.4 Å². The first kappa shape index (κ1) is 9.94. The number of halogens is 2. The van der Waals surface area contributed by atoms with E-state index < -0.39 is 11.6 Å². The number of benzene rings is 2. The van der Waals surface area contributed by atoms with E-state index in [1.165, 1.54) is 12.1 Å². The fourth-order valence-corrected chi connectivity index (χ4v) is 1.89. The van der Waals surface area contributed by atoms with Gasteiger partial charge < -0.3 is 0 Å². The number of nitrogens with zero attached hydrogens (tertiary/aromatic N) is 1. The monoisotopic (exact) mass is 228 g/mol. The van der Waals surface area contributed by atoms with Crippen LogP contribution in [0.3, 0.4) is 0 Å². The van der Waals surface area contributed by atoms with E-state index in [-0.39, 0.29) is 0 Å². The minimum Gasteiger partial charge on any atom is -0.239 e. The molecule has 0 fully saturated rings. The van der Waals surface area contributed by atoms with Crippen molar-refractivity contribution < 1.29 is 8.78 Å². The van der Waals surface area contributed by atoms with E-state index in [9.17, 15) is 8.78 Å². The van der Waals surface area contributed by atoms with Crippen molar-refractivity contribution in [2.45, 2.75) is 0 Å². The summed E-state index contributed by atoms with van der Waals surface area (Å²) in [5.41, 5.74) is 2.07. The lowest BCUT2D eigenvalue weighted by Gasteiger charge is -2.12. The highest BCUT2D eigenvalue weighted by atomic mass is 19.1. The van der Waals surface area contributed by atoms with E-state index >= 15 is 0 Å². The van der Waals surface area contributed by atoms with Crippen LogP contribution in [0.25, 0.3) is 0 Å². The van der Waals surface area contributed by atoms with Gasteiger partial charge in [-0.2, -0.15) is 0 Å². The van der Waals surface area contributed by atoms with Crippen LogP contribution in [-0.4, -0.2) is 0 Å². The first-order valence-electron chi connectivity index (χ1n) is 5.19. The van der Waals surface area contributed by atoms with Crippen molar-refractivity contribution in [3.63, 3.8) is 0 Å². The maximum absolute atomic E-state index is 13.7. The van der Waals surface area contributed by atoms with Gasteiger partial charge in [0.05, 0.1) is 17.8 Å². The highest BCUT2D eigenvalue weighted by molar-refractivity contribution is 5.73. The molecule has 0 unspecified atom stereocenters. The van der Waals surface area contributed by atoms with Gasteiger partial charge >= 0.3 is 0 Å². The summed E-state index contributed by atoms with van der Waals surface area (Å²) in [5, 5.41) is 0. The van der Waals surface area contributed by atoms with E-state index in [1.807, 2.05) is 24.3 Å². The summed E-state index contributed by atoms with van der Waals surface area (Å²) in [6, 6.07) is 11.1. The van der Waals surface area contributed by atoms with E-state index in [4.69, 9.17) is 0 Å². The maximum atomic E-state index is 13.7. The quantitative estimate of drug-likeness (QED) is 0.671. The Bertz CT molecular complexity index is 605. The number of hydrogen-bond donors (Lipinski definition) is 0. The van der Waals surface area contributed by atoms with Crippen LogP contribution in [-0.2, 0) is 0 Å². The van der Waals surface area contributed by atoms with Gasteiger partial charge in [0.15, 0.2) is 11.5 Å². The van der Waals surface area contributed by atoms with Crippen molar-refractivity contribution in [3.8, 4) is 0 Å². The SMILES string of the molecule is Fc1ccc(N2C=[C+]c3ccccc32)c(F)c1. The summed E-state index contributed by atoms with van der Waals surface area (Å²) < 4.78 is 26.5. The second kappa shape index (κ2) is 3.65. The minimum atomic E-state index is -0.584. The molecule has 0 atom stereocenters. The van der Waals surface area contributed by atoms with E-state index in [0.717, 1.165) is 17.3 Å².